The summed E-state index contributed by atoms with van der Waals surface area (Å²) in [7, 11) is 3.71. The highest BCUT2D eigenvalue weighted by Crippen LogP contribution is 2.25. The summed E-state index contributed by atoms with van der Waals surface area (Å²) < 4.78 is 5.35. The zero-order valence-corrected chi connectivity index (χ0v) is 19.7. The number of halogens is 2. The first-order valence-corrected chi connectivity index (χ1v) is 10.0. The molecule has 0 aliphatic rings. The summed E-state index contributed by atoms with van der Waals surface area (Å²) >= 11 is 0. The number of likely N-dealkylation sites (N-methyl/N-ethyl adjacent to an activating group) is 1. The van der Waals surface area contributed by atoms with E-state index >= 15 is 0 Å². The monoisotopic (exact) mass is 466 g/mol. The number of nitrogens with one attached hydrogen (secondary N) is 2. The van der Waals surface area contributed by atoms with Gasteiger partial charge in [-0.3, -0.25) is 4.79 Å². The second-order valence-corrected chi connectivity index (χ2v) is 7.29. The van der Waals surface area contributed by atoms with E-state index in [1.165, 1.54) is 5.56 Å². The molecule has 0 radical (unpaired) electrons. The van der Waals surface area contributed by atoms with Crippen LogP contribution in [0.5, 0.6) is 5.75 Å². The summed E-state index contributed by atoms with van der Waals surface area (Å²) in [5, 5.41) is 3.90. The van der Waals surface area contributed by atoms with Crippen LogP contribution in [-0.4, -0.2) is 49.6 Å². The number of nitrogens with two attached hydrogens (primary N) is 1. The maximum absolute atomic E-state index is 12.4. The zero-order chi connectivity index (χ0) is 20.6. The number of methoxy groups -OCH3 is 1. The van der Waals surface area contributed by atoms with Gasteiger partial charge in [-0.25, -0.2) is 0 Å². The van der Waals surface area contributed by atoms with E-state index in [1.807, 2.05) is 24.3 Å². The highest BCUT2D eigenvalue weighted by molar-refractivity contribution is 5.99. The van der Waals surface area contributed by atoms with Crippen LogP contribution in [0, 0.1) is 0 Å². The van der Waals surface area contributed by atoms with E-state index in [-0.39, 0.29) is 30.7 Å². The van der Waals surface area contributed by atoms with Crippen LogP contribution in [0.4, 0.5) is 0 Å². The Kier molecular flexibility index (Phi) is 11.4. The number of aromatic nitrogens is 1. The standard InChI is InChI=1S/C23H30N4O2.2ClH/c1-27(13-4-5-17-8-10-18(16-24)11-9-17)14-12-25-23(28)21-15-19-20(26-21)6-3-7-22(19)29-2;;/h3,6-11,15,26H,4-5,12-14,16,24H2,1-2H3,(H,25,28);2*1H. The van der Waals surface area contributed by atoms with Crippen molar-refractivity contribution in [1.29, 1.82) is 0 Å². The van der Waals surface area contributed by atoms with Crippen LogP contribution in [0.2, 0.25) is 0 Å². The minimum absolute atomic E-state index is 0. The fourth-order valence-corrected chi connectivity index (χ4v) is 3.39. The van der Waals surface area contributed by atoms with Gasteiger partial charge in [0, 0.05) is 30.5 Å². The molecule has 0 fully saturated rings. The van der Waals surface area contributed by atoms with Gasteiger partial charge < -0.3 is 25.7 Å². The molecule has 0 spiro atoms. The number of H-pyrrole nitrogens is 1. The van der Waals surface area contributed by atoms with Gasteiger partial charge in [0.25, 0.3) is 5.91 Å². The van der Waals surface area contributed by atoms with Crippen LogP contribution < -0.4 is 15.8 Å². The molecule has 1 amide bonds. The van der Waals surface area contributed by atoms with E-state index in [2.05, 4.69) is 46.5 Å². The molecule has 2 aromatic carbocycles. The van der Waals surface area contributed by atoms with Crippen LogP contribution in [0.1, 0.15) is 28.0 Å². The molecule has 3 aromatic rings. The molecule has 6 nitrogen and oxygen atoms in total. The predicted octanol–water partition coefficient (Wildman–Crippen LogP) is 3.77. The van der Waals surface area contributed by atoms with E-state index in [0.717, 1.165) is 48.1 Å². The number of carbonyl (C=O) groups is 1. The number of ether oxygens (including phenoxy) is 1. The summed E-state index contributed by atoms with van der Waals surface area (Å²) in [6.07, 6.45) is 2.12. The molecule has 1 heterocycles. The van der Waals surface area contributed by atoms with E-state index in [0.29, 0.717) is 18.8 Å². The first-order valence-electron chi connectivity index (χ1n) is 10.0. The van der Waals surface area contributed by atoms with Gasteiger partial charge in [0.1, 0.15) is 11.4 Å². The Balaban J connectivity index is 0.00000240. The lowest BCUT2D eigenvalue weighted by Gasteiger charge is -2.16. The Bertz CT molecular complexity index is 944. The average molecular weight is 467 g/mol. The number of benzene rings is 2. The summed E-state index contributed by atoms with van der Waals surface area (Å²) in [6, 6.07) is 16.0. The molecule has 0 atom stereocenters. The molecule has 0 saturated heterocycles. The van der Waals surface area contributed by atoms with E-state index in [4.69, 9.17) is 10.5 Å². The molecule has 8 heteroatoms. The normalized spacial score (nSPS) is 10.5. The number of hydrogen-bond donors (Lipinski definition) is 3. The van der Waals surface area contributed by atoms with Crippen molar-refractivity contribution in [1.82, 2.24) is 15.2 Å². The lowest BCUT2D eigenvalue weighted by atomic mass is 10.1. The van der Waals surface area contributed by atoms with Gasteiger partial charge in [0.2, 0.25) is 0 Å². The van der Waals surface area contributed by atoms with Crippen LogP contribution in [0.3, 0.4) is 0 Å². The third-order valence-corrected chi connectivity index (χ3v) is 5.13. The number of carbonyl (C=O) groups excluding carboxylic acids is 1. The topological polar surface area (TPSA) is 83.4 Å². The Morgan fingerprint density at radius 2 is 1.81 bits per heavy atom. The number of rotatable bonds is 10. The van der Waals surface area contributed by atoms with Gasteiger partial charge in [-0.1, -0.05) is 30.3 Å². The first kappa shape index (κ1) is 26.8. The van der Waals surface area contributed by atoms with Crippen molar-refractivity contribution in [2.24, 2.45) is 5.73 Å². The highest BCUT2D eigenvalue weighted by atomic mass is 35.5. The molecule has 3 rings (SSSR count). The lowest BCUT2D eigenvalue weighted by molar-refractivity contribution is 0.0945. The number of aromatic amines is 1. The third kappa shape index (κ3) is 7.43. The van der Waals surface area contributed by atoms with Crippen LogP contribution in [-0.2, 0) is 13.0 Å². The molecule has 0 bridgehead atoms. The van der Waals surface area contributed by atoms with Crippen molar-refractivity contribution >= 4 is 41.6 Å². The number of fused-ring (bicyclic) bond motifs is 1. The molecule has 170 valence electrons. The smallest absolute Gasteiger partial charge is 0.267 e. The van der Waals surface area contributed by atoms with E-state index < -0.39 is 0 Å². The summed E-state index contributed by atoms with van der Waals surface area (Å²) in [5.41, 5.74) is 9.57. The highest BCUT2D eigenvalue weighted by Gasteiger charge is 2.11. The number of aryl methyl sites for hydroxylation is 1. The Hall–Kier alpha value is -2.25. The lowest BCUT2D eigenvalue weighted by Crippen LogP contribution is -2.33. The van der Waals surface area contributed by atoms with Crippen molar-refractivity contribution < 1.29 is 9.53 Å². The van der Waals surface area contributed by atoms with Crippen LogP contribution in [0.15, 0.2) is 48.5 Å². The van der Waals surface area contributed by atoms with Crippen molar-refractivity contribution in [2.75, 3.05) is 33.8 Å². The van der Waals surface area contributed by atoms with Gasteiger partial charge in [-0.05, 0) is 55.8 Å². The molecule has 0 aliphatic heterocycles. The Morgan fingerprint density at radius 1 is 1.10 bits per heavy atom. The van der Waals surface area contributed by atoms with Gasteiger partial charge >= 0.3 is 0 Å². The van der Waals surface area contributed by atoms with Crippen molar-refractivity contribution in [2.45, 2.75) is 19.4 Å². The van der Waals surface area contributed by atoms with E-state index in [9.17, 15) is 4.79 Å². The SMILES string of the molecule is COc1cccc2[nH]c(C(=O)NCCN(C)CCCc3ccc(CN)cc3)cc12.Cl.Cl. The minimum Gasteiger partial charge on any atom is -0.496 e. The summed E-state index contributed by atoms with van der Waals surface area (Å²) in [6.45, 7) is 2.98. The molecule has 4 N–H and O–H groups in total. The van der Waals surface area contributed by atoms with Crippen molar-refractivity contribution in [3.63, 3.8) is 0 Å². The molecule has 0 saturated carbocycles. The summed E-state index contributed by atoms with van der Waals surface area (Å²) in [4.78, 5) is 17.8. The average Bonchev–Trinajstić information content (AvgIpc) is 3.19. The second-order valence-electron chi connectivity index (χ2n) is 7.29. The fourth-order valence-electron chi connectivity index (χ4n) is 3.39. The van der Waals surface area contributed by atoms with E-state index in [1.54, 1.807) is 7.11 Å². The zero-order valence-electron chi connectivity index (χ0n) is 18.0. The predicted molar refractivity (Wildman–Crippen MR) is 132 cm³/mol. The van der Waals surface area contributed by atoms with Gasteiger partial charge in [-0.15, -0.1) is 24.8 Å². The molecule has 0 aliphatic carbocycles. The van der Waals surface area contributed by atoms with Crippen LogP contribution in [0.25, 0.3) is 10.9 Å². The van der Waals surface area contributed by atoms with Crippen molar-refractivity contribution in [3.05, 3.63) is 65.4 Å². The maximum Gasteiger partial charge on any atom is 0.267 e. The third-order valence-electron chi connectivity index (χ3n) is 5.13. The second kappa shape index (κ2) is 13.2. The number of hydrogen-bond acceptors (Lipinski definition) is 4. The van der Waals surface area contributed by atoms with Crippen LogP contribution >= 0.6 is 24.8 Å². The molecule has 31 heavy (non-hydrogen) atoms. The molecular weight excluding hydrogens is 435 g/mol. The van der Waals surface area contributed by atoms with Gasteiger partial charge in [-0.2, -0.15) is 0 Å². The first-order chi connectivity index (χ1) is 14.1. The minimum atomic E-state index is -0.100. The molecule has 0 unspecified atom stereocenters. The summed E-state index contributed by atoms with van der Waals surface area (Å²) in [5.74, 6) is 0.659. The molecular formula is C23H32Cl2N4O2. The largest absolute Gasteiger partial charge is 0.496 e. The van der Waals surface area contributed by atoms with Crippen molar-refractivity contribution in [3.8, 4) is 5.75 Å². The Morgan fingerprint density at radius 3 is 2.48 bits per heavy atom. The Labute approximate surface area is 196 Å². The fraction of sp³-hybridized carbons (Fsp3) is 0.348. The molecule has 1 aromatic heterocycles. The number of amides is 1. The van der Waals surface area contributed by atoms with Gasteiger partial charge in [0.15, 0.2) is 0 Å². The maximum atomic E-state index is 12.4. The quantitative estimate of drug-likeness (QED) is 0.424. The van der Waals surface area contributed by atoms with Gasteiger partial charge in [0.05, 0.1) is 7.11 Å². The number of nitrogens with zero attached hydrogens (tertiary/aromatic N) is 1.